The Balaban J connectivity index is 0.00000361. The standard InChI is InChI=1S/C13H18N4O2.HI/c1-3-9-15-13(14-4-2)16-10-11-5-7-12(8-6-11)17(18)19;/h3,5-8H,1,4,9-10H2,2H3,(H2,14,15,16);1H. The van der Waals surface area contributed by atoms with Gasteiger partial charge in [0.1, 0.15) is 0 Å². The van der Waals surface area contributed by atoms with Gasteiger partial charge in [-0.2, -0.15) is 0 Å². The lowest BCUT2D eigenvalue weighted by Crippen LogP contribution is -2.37. The quantitative estimate of drug-likeness (QED) is 0.195. The second-order valence-corrected chi connectivity index (χ2v) is 3.79. The summed E-state index contributed by atoms with van der Waals surface area (Å²) < 4.78 is 0. The van der Waals surface area contributed by atoms with Crippen LogP contribution in [0, 0.1) is 10.1 Å². The van der Waals surface area contributed by atoms with Crippen molar-refractivity contribution in [3.63, 3.8) is 0 Å². The van der Waals surface area contributed by atoms with E-state index in [1.807, 2.05) is 6.92 Å². The van der Waals surface area contributed by atoms with E-state index in [9.17, 15) is 10.1 Å². The summed E-state index contributed by atoms with van der Waals surface area (Å²) in [4.78, 5) is 14.5. The van der Waals surface area contributed by atoms with Crippen LogP contribution in [-0.4, -0.2) is 24.0 Å². The molecule has 0 aliphatic heterocycles. The van der Waals surface area contributed by atoms with E-state index in [1.54, 1.807) is 18.2 Å². The third-order valence-corrected chi connectivity index (χ3v) is 2.32. The molecule has 1 aromatic rings. The number of non-ortho nitro benzene ring substituents is 1. The van der Waals surface area contributed by atoms with Gasteiger partial charge in [0, 0.05) is 25.2 Å². The molecule has 0 amide bonds. The van der Waals surface area contributed by atoms with Crippen LogP contribution in [0.1, 0.15) is 12.5 Å². The van der Waals surface area contributed by atoms with Crippen molar-refractivity contribution in [3.05, 3.63) is 52.6 Å². The average Bonchev–Trinajstić information content (AvgIpc) is 2.42. The Bertz CT molecular complexity index is 460. The molecule has 0 radical (unpaired) electrons. The Morgan fingerprint density at radius 3 is 2.55 bits per heavy atom. The van der Waals surface area contributed by atoms with Gasteiger partial charge >= 0.3 is 0 Å². The summed E-state index contributed by atoms with van der Waals surface area (Å²) in [6.45, 7) is 7.47. The zero-order valence-corrected chi connectivity index (χ0v) is 13.7. The minimum atomic E-state index is -0.414. The van der Waals surface area contributed by atoms with Crippen molar-refractivity contribution in [2.24, 2.45) is 4.99 Å². The molecule has 7 heteroatoms. The molecule has 0 aromatic heterocycles. The van der Waals surface area contributed by atoms with Crippen LogP contribution in [0.2, 0.25) is 0 Å². The number of halogens is 1. The van der Waals surface area contributed by atoms with Gasteiger partial charge in [-0.25, -0.2) is 4.99 Å². The van der Waals surface area contributed by atoms with Gasteiger partial charge in [-0.1, -0.05) is 18.2 Å². The molecule has 110 valence electrons. The van der Waals surface area contributed by atoms with Gasteiger partial charge in [0.15, 0.2) is 5.96 Å². The number of aliphatic imine (C=N–C) groups is 1. The second-order valence-electron chi connectivity index (χ2n) is 3.79. The molecule has 6 nitrogen and oxygen atoms in total. The van der Waals surface area contributed by atoms with Crippen molar-refractivity contribution in [3.8, 4) is 0 Å². The Labute approximate surface area is 135 Å². The number of hydrogen-bond acceptors (Lipinski definition) is 3. The summed E-state index contributed by atoms with van der Waals surface area (Å²) in [7, 11) is 0. The first-order chi connectivity index (χ1) is 9.17. The monoisotopic (exact) mass is 390 g/mol. The predicted octanol–water partition coefficient (Wildman–Crippen LogP) is 2.45. The molecule has 0 aliphatic rings. The second kappa shape index (κ2) is 10.2. The summed E-state index contributed by atoms with van der Waals surface area (Å²) in [5, 5.41) is 16.7. The molecule has 0 aliphatic carbocycles. The van der Waals surface area contributed by atoms with Crippen LogP contribution in [0.5, 0.6) is 0 Å². The van der Waals surface area contributed by atoms with Crippen LogP contribution in [-0.2, 0) is 6.54 Å². The topological polar surface area (TPSA) is 79.6 Å². The highest BCUT2D eigenvalue weighted by atomic mass is 127. The molecule has 0 bridgehead atoms. The van der Waals surface area contributed by atoms with E-state index < -0.39 is 4.92 Å². The number of guanidine groups is 1. The van der Waals surface area contributed by atoms with Gasteiger partial charge in [-0.05, 0) is 12.5 Å². The normalized spacial score (nSPS) is 10.3. The highest BCUT2D eigenvalue weighted by Gasteiger charge is 2.03. The average molecular weight is 390 g/mol. The minimum absolute atomic E-state index is 0. The van der Waals surface area contributed by atoms with E-state index >= 15 is 0 Å². The third-order valence-electron chi connectivity index (χ3n) is 2.32. The Morgan fingerprint density at radius 1 is 1.40 bits per heavy atom. The minimum Gasteiger partial charge on any atom is -0.357 e. The summed E-state index contributed by atoms with van der Waals surface area (Å²) >= 11 is 0. The largest absolute Gasteiger partial charge is 0.357 e. The first-order valence-corrected chi connectivity index (χ1v) is 6.03. The molecule has 2 N–H and O–H groups in total. The summed E-state index contributed by atoms with van der Waals surface area (Å²) in [5.41, 5.74) is 1.01. The van der Waals surface area contributed by atoms with Gasteiger partial charge in [0.05, 0.1) is 11.5 Å². The van der Waals surface area contributed by atoms with Crippen molar-refractivity contribution >= 4 is 35.6 Å². The van der Waals surface area contributed by atoms with E-state index in [0.717, 1.165) is 12.1 Å². The van der Waals surface area contributed by atoms with Crippen LogP contribution in [0.4, 0.5) is 5.69 Å². The number of nitrogens with zero attached hydrogens (tertiary/aromatic N) is 2. The van der Waals surface area contributed by atoms with Crippen LogP contribution >= 0.6 is 24.0 Å². The molecule has 0 atom stereocenters. The number of hydrogen-bond donors (Lipinski definition) is 2. The van der Waals surface area contributed by atoms with Gasteiger partial charge in [0.25, 0.3) is 5.69 Å². The van der Waals surface area contributed by atoms with E-state index in [-0.39, 0.29) is 29.7 Å². The van der Waals surface area contributed by atoms with Crippen LogP contribution in [0.15, 0.2) is 41.9 Å². The van der Waals surface area contributed by atoms with Gasteiger partial charge in [-0.15, -0.1) is 30.6 Å². The number of rotatable bonds is 6. The molecule has 20 heavy (non-hydrogen) atoms. The summed E-state index contributed by atoms with van der Waals surface area (Å²) in [6, 6.07) is 6.38. The van der Waals surface area contributed by atoms with Gasteiger partial charge < -0.3 is 10.6 Å². The smallest absolute Gasteiger partial charge is 0.269 e. The summed E-state index contributed by atoms with van der Waals surface area (Å²) in [6.07, 6.45) is 1.75. The molecule has 0 spiro atoms. The van der Waals surface area contributed by atoms with Crippen molar-refractivity contribution in [2.45, 2.75) is 13.5 Å². The number of nitro benzene ring substituents is 1. The molecule has 0 heterocycles. The van der Waals surface area contributed by atoms with E-state index in [1.165, 1.54) is 12.1 Å². The van der Waals surface area contributed by atoms with Crippen molar-refractivity contribution in [2.75, 3.05) is 13.1 Å². The first-order valence-electron chi connectivity index (χ1n) is 6.03. The molecule has 0 unspecified atom stereocenters. The van der Waals surface area contributed by atoms with Crippen molar-refractivity contribution in [1.82, 2.24) is 10.6 Å². The van der Waals surface area contributed by atoms with E-state index in [0.29, 0.717) is 19.0 Å². The maximum atomic E-state index is 10.5. The molecule has 1 aromatic carbocycles. The van der Waals surface area contributed by atoms with E-state index in [2.05, 4.69) is 22.2 Å². The molecule has 1 rings (SSSR count). The van der Waals surface area contributed by atoms with Crippen LogP contribution in [0.25, 0.3) is 0 Å². The Kier molecular flexibility index (Phi) is 9.35. The summed E-state index contributed by atoms with van der Waals surface area (Å²) in [5.74, 6) is 0.695. The maximum absolute atomic E-state index is 10.5. The zero-order chi connectivity index (χ0) is 14.1. The fourth-order valence-electron chi connectivity index (χ4n) is 1.40. The van der Waals surface area contributed by atoms with Crippen molar-refractivity contribution in [1.29, 1.82) is 0 Å². The van der Waals surface area contributed by atoms with Crippen molar-refractivity contribution < 1.29 is 4.92 Å². The Hall–Kier alpha value is -1.64. The molecule has 0 saturated heterocycles. The molecular formula is C13H19IN4O2. The van der Waals surface area contributed by atoms with E-state index in [4.69, 9.17) is 0 Å². The van der Waals surface area contributed by atoms with Crippen LogP contribution < -0.4 is 10.6 Å². The molecular weight excluding hydrogens is 371 g/mol. The first kappa shape index (κ1) is 18.4. The zero-order valence-electron chi connectivity index (χ0n) is 11.3. The molecule has 0 saturated carbocycles. The number of benzene rings is 1. The number of nitro groups is 1. The molecule has 0 fully saturated rings. The van der Waals surface area contributed by atoms with Gasteiger partial charge in [-0.3, -0.25) is 10.1 Å². The lowest BCUT2D eigenvalue weighted by molar-refractivity contribution is -0.384. The Morgan fingerprint density at radius 2 is 2.05 bits per heavy atom. The predicted molar refractivity (Wildman–Crippen MR) is 91.5 cm³/mol. The lowest BCUT2D eigenvalue weighted by atomic mass is 10.2. The number of nitrogens with one attached hydrogen (secondary N) is 2. The SMILES string of the molecule is C=CCNC(=NCc1ccc([N+](=O)[O-])cc1)NCC.I. The highest BCUT2D eigenvalue weighted by molar-refractivity contribution is 14.0. The van der Waals surface area contributed by atoms with Gasteiger partial charge in [0.2, 0.25) is 0 Å². The maximum Gasteiger partial charge on any atom is 0.269 e. The fraction of sp³-hybridized carbons (Fsp3) is 0.308. The van der Waals surface area contributed by atoms with Crippen LogP contribution in [0.3, 0.4) is 0 Å². The lowest BCUT2D eigenvalue weighted by Gasteiger charge is -2.09. The fourth-order valence-corrected chi connectivity index (χ4v) is 1.40. The highest BCUT2D eigenvalue weighted by Crippen LogP contribution is 2.12. The third kappa shape index (κ3) is 6.50.